The number of anilines is 2. The first kappa shape index (κ1) is 28.5. The maximum absolute atomic E-state index is 2.60. The monoisotopic (exact) mass is 675 g/mol. The second kappa shape index (κ2) is 10.7. The Morgan fingerprint density at radius 3 is 1.90 bits per heavy atom. The molecule has 1 aliphatic carbocycles. The van der Waals surface area contributed by atoms with Gasteiger partial charge in [-0.3, -0.25) is 0 Å². The maximum Gasteiger partial charge on any atom is 0.329 e. The Morgan fingerprint density at radius 1 is 0.385 bits per heavy atom. The van der Waals surface area contributed by atoms with Crippen molar-refractivity contribution in [3.63, 3.8) is 0 Å². The Labute approximate surface area is 307 Å². The van der Waals surface area contributed by atoms with E-state index in [1.807, 2.05) is 11.3 Å². The number of rotatable bonds is 2. The molecule has 3 heterocycles. The Bertz CT molecular complexity index is 2970. The minimum Gasteiger partial charge on any atom is -0.376 e. The summed E-state index contributed by atoms with van der Waals surface area (Å²) in [4.78, 5) is 2.60. The summed E-state index contributed by atoms with van der Waals surface area (Å²) in [6.45, 7) is 0.0777. The number of nitrogens with zero attached hydrogens (tertiary/aromatic N) is 1. The van der Waals surface area contributed by atoms with Crippen LogP contribution in [0.1, 0.15) is 11.1 Å². The average molecular weight is 676 g/mol. The summed E-state index contributed by atoms with van der Waals surface area (Å²) in [5.74, 6) is 0. The van der Waals surface area contributed by atoms with Crippen molar-refractivity contribution >= 4 is 60.7 Å². The van der Waals surface area contributed by atoms with E-state index in [9.17, 15) is 0 Å². The standard InChI is InChI=1S/C49H30BNS/c1-2-10-36-34(9-1)25-35-18-17-30(26-40(35)36)31-19-22-45-41(27-31)38-12-4-7-15-46(38)51-47-23-20-32(28-42(47)37-11-3-6-14-44(37)50(45)51)33-21-24-49-43(29-33)39-13-5-8-16-48(39)52-49/h1-24,26-29H,25H2. The molecule has 3 aliphatic rings. The van der Waals surface area contributed by atoms with E-state index < -0.39 is 0 Å². The molecule has 0 N–H and O–H groups in total. The first-order valence-electron chi connectivity index (χ1n) is 18.2. The van der Waals surface area contributed by atoms with Gasteiger partial charge in [-0.1, -0.05) is 121 Å². The highest BCUT2D eigenvalue weighted by atomic mass is 32.1. The molecule has 0 amide bonds. The molecule has 9 aromatic rings. The van der Waals surface area contributed by atoms with E-state index in [-0.39, 0.29) is 6.85 Å². The van der Waals surface area contributed by atoms with Crippen LogP contribution in [0.3, 0.4) is 0 Å². The van der Waals surface area contributed by atoms with Crippen LogP contribution in [-0.4, -0.2) is 6.85 Å². The number of hydrogen-bond acceptors (Lipinski definition) is 2. The summed E-state index contributed by atoms with van der Waals surface area (Å²) in [7, 11) is 0. The van der Waals surface area contributed by atoms with Crippen LogP contribution < -0.4 is 15.7 Å². The van der Waals surface area contributed by atoms with Crippen molar-refractivity contribution in [1.82, 2.24) is 0 Å². The molecule has 0 atom stereocenters. The zero-order valence-corrected chi connectivity index (χ0v) is 29.1. The zero-order chi connectivity index (χ0) is 33.9. The summed E-state index contributed by atoms with van der Waals surface area (Å²) in [5.41, 5.74) is 21.1. The van der Waals surface area contributed by atoms with E-state index in [0.717, 1.165) is 6.42 Å². The summed E-state index contributed by atoms with van der Waals surface area (Å²) in [6.07, 6.45) is 1.02. The molecule has 0 spiro atoms. The van der Waals surface area contributed by atoms with Crippen molar-refractivity contribution in [2.24, 2.45) is 0 Å². The lowest BCUT2D eigenvalue weighted by Gasteiger charge is -2.43. The third-order valence-electron chi connectivity index (χ3n) is 11.7. The molecule has 240 valence electrons. The normalized spacial score (nSPS) is 13.2. The highest BCUT2D eigenvalue weighted by Crippen LogP contribution is 2.48. The first-order valence-corrected chi connectivity index (χ1v) is 19.0. The number of hydrogen-bond donors (Lipinski definition) is 0. The van der Waals surface area contributed by atoms with Gasteiger partial charge in [-0.25, -0.2) is 0 Å². The number of para-hydroxylation sites is 1. The molecular formula is C49H30BNS. The van der Waals surface area contributed by atoms with Gasteiger partial charge in [0.05, 0.1) is 0 Å². The van der Waals surface area contributed by atoms with Crippen LogP contribution in [0.25, 0.3) is 75.8 Å². The van der Waals surface area contributed by atoms with Crippen LogP contribution in [0.15, 0.2) is 170 Å². The van der Waals surface area contributed by atoms with E-state index in [0.29, 0.717) is 0 Å². The van der Waals surface area contributed by atoms with Crippen LogP contribution in [0.4, 0.5) is 11.4 Å². The predicted octanol–water partition coefficient (Wildman–Crippen LogP) is 11.9. The van der Waals surface area contributed by atoms with Gasteiger partial charge in [0.25, 0.3) is 0 Å². The Hall–Kier alpha value is -6.16. The smallest absolute Gasteiger partial charge is 0.329 e. The molecule has 0 saturated heterocycles. The molecule has 0 radical (unpaired) electrons. The molecule has 8 aromatic carbocycles. The minimum atomic E-state index is 0.0777. The van der Waals surface area contributed by atoms with Crippen molar-refractivity contribution in [3.05, 3.63) is 181 Å². The molecule has 1 nitrogen and oxygen atoms in total. The Kier molecular flexibility index (Phi) is 5.86. The fourth-order valence-electron chi connectivity index (χ4n) is 9.30. The van der Waals surface area contributed by atoms with Gasteiger partial charge in [0.15, 0.2) is 0 Å². The van der Waals surface area contributed by atoms with Crippen molar-refractivity contribution in [2.45, 2.75) is 6.42 Å². The van der Waals surface area contributed by atoms with Gasteiger partial charge in [0.2, 0.25) is 0 Å². The number of thiophene rings is 1. The van der Waals surface area contributed by atoms with Gasteiger partial charge in [-0.05, 0) is 122 Å². The van der Waals surface area contributed by atoms with Crippen molar-refractivity contribution < 1.29 is 0 Å². The lowest BCUT2D eigenvalue weighted by molar-refractivity contribution is 1.26. The minimum absolute atomic E-state index is 0.0777. The van der Waals surface area contributed by atoms with Crippen LogP contribution in [0.2, 0.25) is 0 Å². The molecule has 0 saturated carbocycles. The largest absolute Gasteiger partial charge is 0.376 e. The average Bonchev–Trinajstić information content (AvgIpc) is 3.78. The fraction of sp³-hybridized carbons (Fsp3) is 0.0204. The number of fused-ring (bicyclic) bond motifs is 17. The molecule has 1 aromatic heterocycles. The number of benzene rings is 8. The predicted molar refractivity (Wildman–Crippen MR) is 223 cm³/mol. The summed E-state index contributed by atoms with van der Waals surface area (Å²) in [6, 6.07) is 64.0. The van der Waals surface area contributed by atoms with Crippen LogP contribution in [0, 0.1) is 0 Å². The molecule has 2 aliphatic heterocycles. The van der Waals surface area contributed by atoms with Gasteiger partial charge in [0, 0.05) is 42.7 Å². The molecule has 12 rings (SSSR count). The van der Waals surface area contributed by atoms with Gasteiger partial charge < -0.3 is 4.81 Å². The van der Waals surface area contributed by atoms with Gasteiger partial charge in [-0.2, -0.15) is 0 Å². The van der Waals surface area contributed by atoms with Gasteiger partial charge >= 0.3 is 6.85 Å². The van der Waals surface area contributed by atoms with Crippen LogP contribution >= 0.6 is 11.3 Å². The molecule has 0 unspecified atom stereocenters. The molecular weight excluding hydrogens is 645 g/mol. The van der Waals surface area contributed by atoms with E-state index in [4.69, 9.17) is 0 Å². The lowest BCUT2D eigenvalue weighted by atomic mass is 9.43. The van der Waals surface area contributed by atoms with Crippen LogP contribution in [-0.2, 0) is 6.42 Å². The molecule has 3 heteroatoms. The summed E-state index contributed by atoms with van der Waals surface area (Å²) < 4.78 is 2.68. The van der Waals surface area contributed by atoms with Crippen molar-refractivity contribution in [2.75, 3.05) is 4.81 Å². The summed E-state index contributed by atoms with van der Waals surface area (Å²) in [5, 5.41) is 2.67. The Morgan fingerprint density at radius 2 is 0.981 bits per heavy atom. The molecule has 0 bridgehead atoms. The summed E-state index contributed by atoms with van der Waals surface area (Å²) >= 11 is 1.87. The van der Waals surface area contributed by atoms with E-state index >= 15 is 0 Å². The van der Waals surface area contributed by atoms with E-state index in [1.54, 1.807) is 0 Å². The third kappa shape index (κ3) is 4.00. The maximum atomic E-state index is 2.60. The quantitative estimate of drug-likeness (QED) is 0.165. The molecule has 0 fully saturated rings. The van der Waals surface area contributed by atoms with Crippen molar-refractivity contribution in [3.8, 4) is 55.6 Å². The lowest BCUT2D eigenvalue weighted by Crippen LogP contribution is -2.59. The topological polar surface area (TPSA) is 3.24 Å². The second-order valence-corrected chi connectivity index (χ2v) is 15.5. The SMILES string of the molecule is c1ccc2c(c1)Cc1ccc(-c3ccc4c(c3)-c3ccccc3N3B4c4ccccc4-c4cc(-c5ccc6sc7ccccc7c6c5)ccc43)cc1-2. The van der Waals surface area contributed by atoms with E-state index in [2.05, 4.69) is 175 Å². The Balaban J connectivity index is 1.01. The third-order valence-corrected chi connectivity index (χ3v) is 12.9. The van der Waals surface area contributed by atoms with Gasteiger partial charge in [0.1, 0.15) is 0 Å². The van der Waals surface area contributed by atoms with Crippen LogP contribution in [0.5, 0.6) is 0 Å². The second-order valence-electron chi connectivity index (χ2n) is 14.4. The fourth-order valence-corrected chi connectivity index (χ4v) is 10.4. The highest BCUT2D eigenvalue weighted by Gasteiger charge is 2.42. The van der Waals surface area contributed by atoms with Gasteiger partial charge in [-0.15, -0.1) is 11.3 Å². The van der Waals surface area contributed by atoms with Crippen molar-refractivity contribution in [1.29, 1.82) is 0 Å². The van der Waals surface area contributed by atoms with E-state index in [1.165, 1.54) is 109 Å². The zero-order valence-electron chi connectivity index (χ0n) is 28.3. The highest BCUT2D eigenvalue weighted by molar-refractivity contribution is 7.25. The first-order chi connectivity index (χ1) is 25.8. The molecule has 52 heavy (non-hydrogen) atoms.